The molecule has 0 radical (unpaired) electrons. The molecule has 2 unspecified atom stereocenters. The van der Waals surface area contributed by atoms with Gasteiger partial charge in [-0.15, -0.1) is 12.4 Å². The molecule has 1 aromatic carbocycles. The van der Waals surface area contributed by atoms with Gasteiger partial charge in [0.1, 0.15) is 0 Å². The minimum Gasteiger partial charge on any atom is -0.494 e. The van der Waals surface area contributed by atoms with Crippen LogP contribution in [-0.2, 0) is 11.2 Å². The van der Waals surface area contributed by atoms with Crippen molar-refractivity contribution in [2.75, 3.05) is 20.2 Å². The Hall–Kier alpha value is -1.33. The van der Waals surface area contributed by atoms with Gasteiger partial charge in [-0.2, -0.15) is 0 Å². The fraction of sp³-hybridized carbons (Fsp3) is 0.562. The lowest BCUT2D eigenvalue weighted by molar-refractivity contribution is -0.131. The van der Waals surface area contributed by atoms with Gasteiger partial charge in [-0.05, 0) is 49.9 Å². The number of amides is 1. The summed E-state index contributed by atoms with van der Waals surface area (Å²) >= 11 is 0. The molecule has 1 heterocycles. The molecule has 1 aromatic rings. The van der Waals surface area contributed by atoms with Gasteiger partial charge in [0, 0.05) is 19.0 Å². The number of hydrogen-bond donors (Lipinski definition) is 1. The van der Waals surface area contributed by atoms with Gasteiger partial charge in [0.25, 0.3) is 0 Å². The van der Waals surface area contributed by atoms with Crippen molar-refractivity contribution >= 4 is 18.3 Å². The second-order valence-electron chi connectivity index (χ2n) is 5.70. The number of rotatable bonds is 5. The number of likely N-dealkylation sites (tertiary alicyclic amines) is 1. The highest BCUT2D eigenvalue weighted by atomic mass is 35.5. The summed E-state index contributed by atoms with van der Waals surface area (Å²) in [6.07, 6.45) is 1.91. The minimum absolute atomic E-state index is 0. The lowest BCUT2D eigenvalue weighted by Crippen LogP contribution is -2.34. The largest absolute Gasteiger partial charge is 0.494 e. The lowest BCUT2D eigenvalue weighted by Gasteiger charge is -2.21. The Kier molecular flexibility index (Phi) is 7.10. The first-order chi connectivity index (χ1) is 10.0. The Morgan fingerprint density at radius 2 is 2.23 bits per heavy atom. The van der Waals surface area contributed by atoms with Crippen molar-refractivity contribution in [3.63, 3.8) is 0 Å². The molecular formula is C16H24ClFN2O2. The van der Waals surface area contributed by atoms with Gasteiger partial charge in [-0.1, -0.05) is 6.07 Å². The molecular weight excluding hydrogens is 307 g/mol. The Labute approximate surface area is 137 Å². The maximum atomic E-state index is 13.6. The Morgan fingerprint density at radius 1 is 1.50 bits per heavy atom. The van der Waals surface area contributed by atoms with Crippen LogP contribution in [0.15, 0.2) is 18.2 Å². The van der Waals surface area contributed by atoms with E-state index in [0.29, 0.717) is 25.3 Å². The van der Waals surface area contributed by atoms with Crippen molar-refractivity contribution in [2.45, 2.75) is 32.2 Å². The molecule has 1 fully saturated rings. The van der Waals surface area contributed by atoms with E-state index in [2.05, 4.69) is 6.92 Å². The summed E-state index contributed by atoms with van der Waals surface area (Å²) in [5.74, 6) is 0.362. The second kappa shape index (κ2) is 8.34. The third-order valence-electron chi connectivity index (χ3n) is 4.16. The molecule has 1 aliphatic rings. The number of carbonyl (C=O) groups is 1. The molecule has 0 spiro atoms. The van der Waals surface area contributed by atoms with Gasteiger partial charge in [-0.3, -0.25) is 4.79 Å². The molecule has 1 aliphatic heterocycles. The van der Waals surface area contributed by atoms with Crippen LogP contribution >= 0.6 is 12.4 Å². The van der Waals surface area contributed by atoms with Crippen LogP contribution in [0.25, 0.3) is 0 Å². The summed E-state index contributed by atoms with van der Waals surface area (Å²) in [7, 11) is 1.43. The molecule has 6 heteroatoms. The van der Waals surface area contributed by atoms with Crippen LogP contribution in [0.5, 0.6) is 5.75 Å². The van der Waals surface area contributed by atoms with E-state index in [1.807, 2.05) is 4.90 Å². The third-order valence-corrected chi connectivity index (χ3v) is 4.16. The van der Waals surface area contributed by atoms with Crippen LogP contribution in [0.1, 0.15) is 25.3 Å². The normalized spacial score (nSPS) is 20.6. The molecule has 2 atom stereocenters. The molecule has 4 nitrogen and oxygen atoms in total. The highest BCUT2D eigenvalue weighted by molar-refractivity contribution is 5.85. The van der Waals surface area contributed by atoms with Gasteiger partial charge in [-0.25, -0.2) is 4.39 Å². The Morgan fingerprint density at radius 3 is 2.77 bits per heavy atom. The average Bonchev–Trinajstić information content (AvgIpc) is 2.86. The molecule has 1 saturated heterocycles. The van der Waals surface area contributed by atoms with Crippen LogP contribution in [0.3, 0.4) is 0 Å². The van der Waals surface area contributed by atoms with Crippen LogP contribution in [0.4, 0.5) is 4.39 Å². The van der Waals surface area contributed by atoms with Crippen molar-refractivity contribution in [2.24, 2.45) is 11.7 Å². The quantitative estimate of drug-likeness (QED) is 0.902. The maximum Gasteiger partial charge on any atom is 0.223 e. The zero-order valence-electron chi connectivity index (χ0n) is 13.0. The van der Waals surface area contributed by atoms with Crippen LogP contribution < -0.4 is 10.5 Å². The number of methoxy groups -OCH3 is 1. The number of benzene rings is 1. The van der Waals surface area contributed by atoms with Crippen molar-refractivity contribution in [3.05, 3.63) is 29.6 Å². The first-order valence-electron chi connectivity index (χ1n) is 7.37. The number of aryl methyl sites for hydroxylation is 1. The van der Waals surface area contributed by atoms with Crippen LogP contribution in [0.2, 0.25) is 0 Å². The summed E-state index contributed by atoms with van der Waals surface area (Å²) in [6, 6.07) is 5.07. The van der Waals surface area contributed by atoms with Crippen molar-refractivity contribution in [1.29, 1.82) is 0 Å². The van der Waals surface area contributed by atoms with E-state index in [9.17, 15) is 9.18 Å². The maximum absolute atomic E-state index is 13.6. The van der Waals surface area contributed by atoms with E-state index in [4.69, 9.17) is 10.5 Å². The smallest absolute Gasteiger partial charge is 0.223 e. The molecule has 22 heavy (non-hydrogen) atoms. The monoisotopic (exact) mass is 330 g/mol. The van der Waals surface area contributed by atoms with E-state index in [0.717, 1.165) is 18.5 Å². The second-order valence-corrected chi connectivity index (χ2v) is 5.70. The van der Waals surface area contributed by atoms with Crippen LogP contribution in [0, 0.1) is 11.7 Å². The van der Waals surface area contributed by atoms with E-state index in [1.165, 1.54) is 13.2 Å². The minimum atomic E-state index is -0.389. The zero-order valence-corrected chi connectivity index (χ0v) is 13.9. The standard InChI is InChI=1S/C16H23FN2O2.ClH/c1-11-7-13(9-18)10-19(11)16(20)6-4-12-3-5-15(21-2)14(17)8-12;/h3,5,8,11,13H,4,6-7,9-10,18H2,1-2H3;1H. The molecule has 2 N–H and O–H groups in total. The summed E-state index contributed by atoms with van der Waals surface area (Å²) in [6.45, 7) is 3.42. The summed E-state index contributed by atoms with van der Waals surface area (Å²) < 4.78 is 18.5. The first-order valence-corrected chi connectivity index (χ1v) is 7.37. The Bertz CT molecular complexity index is 513. The Balaban J connectivity index is 0.00000242. The van der Waals surface area contributed by atoms with Gasteiger partial charge in [0.2, 0.25) is 5.91 Å². The molecule has 0 bridgehead atoms. The number of nitrogens with zero attached hydrogens (tertiary/aromatic N) is 1. The summed E-state index contributed by atoms with van der Waals surface area (Å²) in [5, 5.41) is 0. The van der Waals surface area contributed by atoms with E-state index >= 15 is 0 Å². The van der Waals surface area contributed by atoms with Crippen molar-refractivity contribution in [3.8, 4) is 5.75 Å². The highest BCUT2D eigenvalue weighted by Crippen LogP contribution is 2.24. The number of carbonyl (C=O) groups excluding carboxylic acids is 1. The molecule has 2 rings (SSSR count). The molecule has 0 aliphatic carbocycles. The fourth-order valence-electron chi connectivity index (χ4n) is 2.92. The molecule has 124 valence electrons. The summed E-state index contributed by atoms with van der Waals surface area (Å²) in [5.41, 5.74) is 6.49. The van der Waals surface area contributed by atoms with Crippen LogP contribution in [-0.4, -0.2) is 37.0 Å². The highest BCUT2D eigenvalue weighted by Gasteiger charge is 2.31. The number of hydrogen-bond acceptors (Lipinski definition) is 3. The molecule has 1 amide bonds. The SMILES string of the molecule is COc1ccc(CCC(=O)N2CC(CN)CC2C)cc1F.Cl. The average molecular weight is 331 g/mol. The third kappa shape index (κ3) is 4.34. The number of ether oxygens (including phenoxy) is 1. The topological polar surface area (TPSA) is 55.6 Å². The fourth-order valence-corrected chi connectivity index (χ4v) is 2.92. The van der Waals surface area contributed by atoms with Gasteiger partial charge in [0.15, 0.2) is 11.6 Å². The van der Waals surface area contributed by atoms with Crippen molar-refractivity contribution in [1.82, 2.24) is 4.90 Å². The molecule has 0 aromatic heterocycles. The van der Waals surface area contributed by atoms with E-state index < -0.39 is 0 Å². The van der Waals surface area contributed by atoms with E-state index in [1.54, 1.807) is 12.1 Å². The number of halogens is 2. The van der Waals surface area contributed by atoms with Gasteiger partial charge >= 0.3 is 0 Å². The van der Waals surface area contributed by atoms with Gasteiger partial charge in [0.05, 0.1) is 7.11 Å². The van der Waals surface area contributed by atoms with Gasteiger partial charge < -0.3 is 15.4 Å². The molecule has 0 saturated carbocycles. The van der Waals surface area contributed by atoms with E-state index in [-0.39, 0.29) is 35.9 Å². The summed E-state index contributed by atoms with van der Waals surface area (Å²) in [4.78, 5) is 14.2. The predicted molar refractivity (Wildman–Crippen MR) is 86.9 cm³/mol. The lowest BCUT2D eigenvalue weighted by atomic mass is 10.1. The predicted octanol–water partition coefficient (Wildman–Crippen LogP) is 2.38. The number of nitrogens with two attached hydrogens (primary N) is 1. The van der Waals surface area contributed by atoms with Crippen molar-refractivity contribution < 1.29 is 13.9 Å². The zero-order chi connectivity index (χ0) is 15.4. The first kappa shape index (κ1) is 18.7.